The van der Waals surface area contributed by atoms with E-state index in [4.69, 9.17) is 11.6 Å². The first-order valence-corrected chi connectivity index (χ1v) is 9.40. The number of fused-ring (bicyclic) bond motifs is 1. The maximum Gasteiger partial charge on any atom is 0.266 e. The number of benzene rings is 3. The number of hydrogen-bond acceptors (Lipinski definition) is 3. The third-order valence-electron chi connectivity index (χ3n) is 4.95. The van der Waals surface area contributed by atoms with Gasteiger partial charge in [0.05, 0.1) is 16.8 Å². The van der Waals surface area contributed by atoms with E-state index in [2.05, 4.69) is 5.32 Å². The molecule has 1 heterocycles. The van der Waals surface area contributed by atoms with E-state index >= 15 is 0 Å². The fourth-order valence-electron chi connectivity index (χ4n) is 3.34. The number of para-hydroxylation sites is 1. The van der Waals surface area contributed by atoms with Crippen LogP contribution in [0, 0.1) is 13.8 Å². The fourth-order valence-corrected chi connectivity index (χ4v) is 3.51. The van der Waals surface area contributed by atoms with Crippen LogP contribution < -0.4 is 10.2 Å². The Balaban J connectivity index is 1.66. The molecule has 0 atom stereocenters. The van der Waals surface area contributed by atoms with Crippen molar-refractivity contribution in [3.8, 4) is 0 Å². The molecule has 0 radical (unpaired) electrons. The van der Waals surface area contributed by atoms with E-state index < -0.39 is 11.8 Å². The van der Waals surface area contributed by atoms with Gasteiger partial charge in [0, 0.05) is 16.3 Å². The highest BCUT2D eigenvalue weighted by Gasteiger charge is 2.37. The Hall–Kier alpha value is -3.44. The summed E-state index contributed by atoms with van der Waals surface area (Å²) in [6.45, 7) is 3.70. The Morgan fingerprint density at radius 1 is 0.862 bits per heavy atom. The summed E-state index contributed by atoms with van der Waals surface area (Å²) in [5.74, 6) is -1.21. The van der Waals surface area contributed by atoms with E-state index in [0.717, 1.165) is 16.0 Å². The van der Waals surface area contributed by atoms with Crippen molar-refractivity contribution in [1.29, 1.82) is 0 Å². The first kappa shape index (κ1) is 18.9. The predicted octanol–water partition coefficient (Wildman–Crippen LogP) is 5.01. The van der Waals surface area contributed by atoms with Crippen LogP contribution in [0.4, 0.5) is 11.4 Å². The zero-order valence-corrected chi connectivity index (χ0v) is 16.6. The molecule has 3 aromatic carbocycles. The molecule has 5 nitrogen and oxygen atoms in total. The summed E-state index contributed by atoms with van der Waals surface area (Å²) in [5, 5.41) is 3.31. The number of carbonyl (C=O) groups is 3. The number of anilines is 2. The van der Waals surface area contributed by atoms with Crippen LogP contribution in [0.15, 0.2) is 60.7 Å². The summed E-state index contributed by atoms with van der Waals surface area (Å²) in [6, 6.07) is 16.9. The van der Waals surface area contributed by atoms with Gasteiger partial charge < -0.3 is 5.32 Å². The van der Waals surface area contributed by atoms with E-state index in [1.807, 2.05) is 32.0 Å². The summed E-state index contributed by atoms with van der Waals surface area (Å²) >= 11 is 6.01. The van der Waals surface area contributed by atoms with Gasteiger partial charge in [-0.25, -0.2) is 4.90 Å². The van der Waals surface area contributed by atoms with E-state index in [9.17, 15) is 14.4 Å². The SMILES string of the molecule is Cc1ccc(Cl)cc1NC(=O)c1ccc2c(c1)C(=O)N(c1ccccc1C)C2=O. The second-order valence-electron chi connectivity index (χ2n) is 6.91. The molecule has 3 amide bonds. The van der Waals surface area contributed by atoms with Gasteiger partial charge in [-0.15, -0.1) is 0 Å². The van der Waals surface area contributed by atoms with Crippen molar-refractivity contribution in [3.05, 3.63) is 93.5 Å². The molecule has 0 aromatic heterocycles. The van der Waals surface area contributed by atoms with Crippen molar-refractivity contribution < 1.29 is 14.4 Å². The van der Waals surface area contributed by atoms with Crippen LogP contribution in [0.3, 0.4) is 0 Å². The number of hydrogen-bond donors (Lipinski definition) is 1. The Morgan fingerprint density at radius 2 is 1.59 bits per heavy atom. The standard InChI is InChI=1S/C23H17ClN2O3/c1-13-7-9-16(24)12-19(13)25-21(27)15-8-10-17-18(11-15)23(29)26(22(17)28)20-6-4-3-5-14(20)2/h3-12H,1-2H3,(H,25,27). The maximum absolute atomic E-state index is 12.9. The Morgan fingerprint density at radius 3 is 2.34 bits per heavy atom. The van der Waals surface area contributed by atoms with Gasteiger partial charge >= 0.3 is 0 Å². The smallest absolute Gasteiger partial charge is 0.266 e. The van der Waals surface area contributed by atoms with Crippen LogP contribution in [0.5, 0.6) is 0 Å². The van der Waals surface area contributed by atoms with Crippen molar-refractivity contribution in [2.75, 3.05) is 10.2 Å². The molecule has 0 saturated heterocycles. The lowest BCUT2D eigenvalue weighted by molar-refractivity contribution is 0.0925. The molecule has 6 heteroatoms. The van der Waals surface area contributed by atoms with Gasteiger partial charge in [0.1, 0.15) is 0 Å². The van der Waals surface area contributed by atoms with Gasteiger partial charge in [-0.1, -0.05) is 35.9 Å². The molecule has 0 spiro atoms. The molecule has 1 N–H and O–H groups in total. The molecular weight excluding hydrogens is 388 g/mol. The first-order valence-electron chi connectivity index (χ1n) is 9.03. The molecule has 0 fully saturated rings. The minimum Gasteiger partial charge on any atom is -0.322 e. The van der Waals surface area contributed by atoms with Crippen molar-refractivity contribution in [3.63, 3.8) is 0 Å². The van der Waals surface area contributed by atoms with Crippen molar-refractivity contribution in [2.45, 2.75) is 13.8 Å². The van der Waals surface area contributed by atoms with Gasteiger partial charge in [-0.2, -0.15) is 0 Å². The molecule has 0 aliphatic carbocycles. The Kier molecular flexibility index (Phi) is 4.68. The Labute approximate surface area is 172 Å². The second-order valence-corrected chi connectivity index (χ2v) is 7.34. The fraction of sp³-hybridized carbons (Fsp3) is 0.0870. The summed E-state index contributed by atoms with van der Waals surface area (Å²) < 4.78 is 0. The highest BCUT2D eigenvalue weighted by molar-refractivity contribution is 6.35. The number of halogens is 1. The lowest BCUT2D eigenvalue weighted by Crippen LogP contribution is -2.29. The average Bonchev–Trinajstić information content (AvgIpc) is 2.95. The molecule has 4 rings (SSSR count). The van der Waals surface area contributed by atoms with E-state index in [0.29, 0.717) is 16.4 Å². The van der Waals surface area contributed by atoms with Gasteiger partial charge in [0.15, 0.2) is 0 Å². The van der Waals surface area contributed by atoms with Crippen LogP contribution in [-0.4, -0.2) is 17.7 Å². The van der Waals surface area contributed by atoms with Crippen molar-refractivity contribution >= 4 is 40.7 Å². The summed E-state index contributed by atoms with van der Waals surface area (Å²) in [5.41, 5.74) is 3.60. The minimum atomic E-state index is -0.437. The monoisotopic (exact) mass is 404 g/mol. The zero-order chi connectivity index (χ0) is 20.7. The summed E-state index contributed by atoms with van der Waals surface area (Å²) in [4.78, 5) is 39.6. The maximum atomic E-state index is 12.9. The lowest BCUT2D eigenvalue weighted by Gasteiger charge is -2.16. The largest absolute Gasteiger partial charge is 0.322 e. The van der Waals surface area contributed by atoms with Gasteiger partial charge in [-0.05, 0) is 61.4 Å². The van der Waals surface area contributed by atoms with Gasteiger partial charge in [0.25, 0.3) is 17.7 Å². The number of carbonyl (C=O) groups excluding carboxylic acids is 3. The first-order chi connectivity index (χ1) is 13.9. The highest BCUT2D eigenvalue weighted by Crippen LogP contribution is 2.31. The molecule has 29 heavy (non-hydrogen) atoms. The van der Waals surface area contributed by atoms with Crippen molar-refractivity contribution in [2.24, 2.45) is 0 Å². The number of nitrogens with one attached hydrogen (secondary N) is 1. The number of nitrogens with zero attached hydrogens (tertiary/aromatic N) is 1. The third-order valence-corrected chi connectivity index (χ3v) is 5.19. The average molecular weight is 405 g/mol. The number of aryl methyl sites for hydroxylation is 2. The van der Waals surface area contributed by atoms with Gasteiger partial charge in [0.2, 0.25) is 0 Å². The molecule has 3 aromatic rings. The number of rotatable bonds is 3. The molecule has 1 aliphatic heterocycles. The zero-order valence-electron chi connectivity index (χ0n) is 15.8. The van der Waals surface area contributed by atoms with Crippen LogP contribution in [-0.2, 0) is 0 Å². The van der Waals surface area contributed by atoms with Gasteiger partial charge in [-0.3, -0.25) is 14.4 Å². The van der Waals surface area contributed by atoms with E-state index in [-0.39, 0.29) is 22.6 Å². The van der Waals surface area contributed by atoms with Crippen LogP contribution >= 0.6 is 11.6 Å². The van der Waals surface area contributed by atoms with Crippen molar-refractivity contribution in [1.82, 2.24) is 0 Å². The Bertz CT molecular complexity index is 1190. The molecular formula is C23H17ClN2O3. The van der Waals surface area contributed by atoms with Crippen LogP contribution in [0.2, 0.25) is 5.02 Å². The highest BCUT2D eigenvalue weighted by atomic mass is 35.5. The molecule has 0 unspecified atom stereocenters. The number of imide groups is 1. The van der Waals surface area contributed by atoms with E-state index in [1.165, 1.54) is 12.1 Å². The topological polar surface area (TPSA) is 66.5 Å². The summed E-state index contributed by atoms with van der Waals surface area (Å²) in [6.07, 6.45) is 0. The second kappa shape index (κ2) is 7.18. The van der Waals surface area contributed by atoms with Crippen LogP contribution in [0.1, 0.15) is 42.2 Å². The third kappa shape index (κ3) is 3.30. The van der Waals surface area contributed by atoms with Crippen LogP contribution in [0.25, 0.3) is 0 Å². The summed E-state index contributed by atoms with van der Waals surface area (Å²) in [7, 11) is 0. The molecule has 1 aliphatic rings. The number of amides is 3. The normalized spacial score (nSPS) is 12.9. The molecule has 0 saturated carbocycles. The lowest BCUT2D eigenvalue weighted by atomic mass is 10.0. The molecule has 144 valence electrons. The van der Waals surface area contributed by atoms with E-state index in [1.54, 1.807) is 30.3 Å². The molecule has 0 bridgehead atoms. The predicted molar refractivity (Wildman–Crippen MR) is 113 cm³/mol. The minimum absolute atomic E-state index is 0.216. The quantitative estimate of drug-likeness (QED) is 0.624.